The minimum atomic E-state index is -2.36. The fourth-order valence-corrected chi connectivity index (χ4v) is 5.46. The normalized spacial score (nSPS) is 20.5. The van der Waals surface area contributed by atoms with Gasteiger partial charge in [0.05, 0.1) is 18.3 Å². The highest BCUT2D eigenvalue weighted by atomic mass is 19.1. The summed E-state index contributed by atoms with van der Waals surface area (Å²) in [7, 11) is 1.56. The van der Waals surface area contributed by atoms with Gasteiger partial charge < -0.3 is 14.4 Å². The van der Waals surface area contributed by atoms with E-state index in [0.717, 1.165) is 0 Å². The third-order valence-corrected chi connectivity index (χ3v) is 7.12. The summed E-state index contributed by atoms with van der Waals surface area (Å²) in [5.41, 5.74) is -0.0432. The second-order valence-corrected chi connectivity index (χ2v) is 10.1. The smallest absolute Gasteiger partial charge is 0.341 e. The Morgan fingerprint density at radius 3 is 2.66 bits per heavy atom. The number of benzene rings is 2. The van der Waals surface area contributed by atoms with Gasteiger partial charge in [-0.05, 0) is 61.1 Å². The molecule has 1 fully saturated rings. The molecule has 2 heterocycles. The predicted octanol–water partition coefficient (Wildman–Crippen LogP) is 5.69. The zero-order valence-corrected chi connectivity index (χ0v) is 19.9. The lowest BCUT2D eigenvalue weighted by atomic mass is 9.66. The molecule has 5 rings (SSSR count). The van der Waals surface area contributed by atoms with Crippen LogP contribution in [0.3, 0.4) is 0 Å². The number of H-pyrrole nitrogens is 1. The lowest BCUT2D eigenvalue weighted by molar-refractivity contribution is -0.158. The number of nitrogens with one attached hydrogen (secondary N) is 1. The summed E-state index contributed by atoms with van der Waals surface area (Å²) in [6.45, 7) is 5.79. The Bertz CT molecular complexity index is 1480. The summed E-state index contributed by atoms with van der Waals surface area (Å²) in [5.74, 6) is -2.94. The number of carboxylic acids is 1. The largest absolute Gasteiger partial charge is 0.479 e. The van der Waals surface area contributed by atoms with Gasteiger partial charge in [0.25, 0.3) is 0 Å². The highest BCUT2D eigenvalue weighted by Gasteiger charge is 2.54. The number of hydrogen-bond acceptors (Lipinski definition) is 3. The van der Waals surface area contributed by atoms with E-state index in [1.807, 2.05) is 18.4 Å². The van der Waals surface area contributed by atoms with Crippen molar-refractivity contribution in [3.63, 3.8) is 0 Å². The Morgan fingerprint density at radius 1 is 1.31 bits per heavy atom. The molecule has 1 saturated carbocycles. The van der Waals surface area contributed by atoms with Crippen molar-refractivity contribution in [1.29, 1.82) is 0 Å². The van der Waals surface area contributed by atoms with E-state index < -0.39 is 28.8 Å². The third kappa shape index (κ3) is 3.43. The van der Waals surface area contributed by atoms with E-state index in [2.05, 4.69) is 10.2 Å². The molecule has 0 unspecified atom stereocenters. The number of ether oxygens (including phenoxy) is 1. The molecule has 4 aromatic rings. The molecule has 184 valence electrons. The minimum absolute atomic E-state index is 0.214. The molecule has 0 radical (unpaired) electrons. The average molecular weight is 486 g/mol. The van der Waals surface area contributed by atoms with Crippen molar-refractivity contribution in [2.45, 2.75) is 50.6 Å². The van der Waals surface area contributed by atoms with E-state index in [4.69, 9.17) is 4.74 Å². The number of carbonyl (C=O) groups is 1. The number of methoxy groups -OCH3 is 1. The molecular formula is C26H26F3N3O3. The quantitative estimate of drug-likeness (QED) is 0.368. The lowest BCUT2D eigenvalue weighted by Gasteiger charge is -2.40. The van der Waals surface area contributed by atoms with Crippen LogP contribution in [0.5, 0.6) is 0 Å². The van der Waals surface area contributed by atoms with Gasteiger partial charge in [-0.2, -0.15) is 5.10 Å². The molecule has 0 atom stereocenters. The molecule has 6 nitrogen and oxygen atoms in total. The maximum absolute atomic E-state index is 16.1. The number of hydrogen-bond donors (Lipinski definition) is 2. The van der Waals surface area contributed by atoms with Crippen LogP contribution >= 0.6 is 0 Å². The minimum Gasteiger partial charge on any atom is -0.479 e. The van der Waals surface area contributed by atoms with Crippen molar-refractivity contribution in [3.8, 4) is 5.69 Å². The summed E-state index contributed by atoms with van der Waals surface area (Å²) in [6.07, 6.45) is 0.992. The van der Waals surface area contributed by atoms with Gasteiger partial charge >= 0.3 is 5.97 Å². The lowest BCUT2D eigenvalue weighted by Crippen LogP contribution is -2.46. The molecular weight excluding hydrogens is 459 g/mol. The molecule has 2 aromatic carbocycles. The average Bonchev–Trinajstić information content (AvgIpc) is 3.37. The predicted molar refractivity (Wildman–Crippen MR) is 126 cm³/mol. The van der Waals surface area contributed by atoms with Gasteiger partial charge in [-0.25, -0.2) is 18.0 Å². The number of halogens is 3. The molecule has 1 aliphatic rings. The van der Waals surface area contributed by atoms with Crippen molar-refractivity contribution in [1.82, 2.24) is 14.8 Å². The van der Waals surface area contributed by atoms with E-state index in [0.29, 0.717) is 33.4 Å². The third-order valence-electron chi connectivity index (χ3n) is 7.12. The number of carboxylic acid groups (broad SMARTS) is 1. The van der Waals surface area contributed by atoms with E-state index in [1.165, 1.54) is 12.3 Å². The number of aromatic amines is 1. The summed E-state index contributed by atoms with van der Waals surface area (Å²) < 4.78 is 52.5. The van der Waals surface area contributed by atoms with Crippen LogP contribution < -0.4 is 0 Å². The van der Waals surface area contributed by atoms with Crippen LogP contribution in [0, 0.1) is 18.6 Å². The number of nitrogens with zero attached hydrogens (tertiary/aromatic N) is 2. The van der Waals surface area contributed by atoms with E-state index in [-0.39, 0.29) is 36.2 Å². The van der Waals surface area contributed by atoms with Gasteiger partial charge in [-0.1, -0.05) is 13.8 Å². The van der Waals surface area contributed by atoms with Crippen LogP contribution in [0.2, 0.25) is 0 Å². The second-order valence-electron chi connectivity index (χ2n) is 10.1. The number of aromatic nitrogens is 3. The van der Waals surface area contributed by atoms with E-state index >= 15 is 4.39 Å². The second kappa shape index (κ2) is 7.84. The fraction of sp³-hybridized carbons (Fsp3) is 0.385. The van der Waals surface area contributed by atoms with Crippen LogP contribution in [-0.4, -0.2) is 45.2 Å². The summed E-state index contributed by atoms with van der Waals surface area (Å²) in [4.78, 5) is 11.5. The summed E-state index contributed by atoms with van der Waals surface area (Å²) in [5, 5.41) is 16.9. The van der Waals surface area contributed by atoms with Crippen LogP contribution in [-0.2, 0) is 14.9 Å². The highest BCUT2D eigenvalue weighted by Crippen LogP contribution is 2.54. The molecule has 2 aromatic heterocycles. The Kier molecular flexibility index (Phi) is 5.25. The maximum Gasteiger partial charge on any atom is 0.341 e. The van der Waals surface area contributed by atoms with Crippen LogP contribution in [0.15, 0.2) is 30.5 Å². The van der Waals surface area contributed by atoms with Gasteiger partial charge in [-0.3, -0.25) is 5.10 Å². The molecule has 1 aliphatic carbocycles. The Balaban J connectivity index is 1.91. The van der Waals surface area contributed by atoms with Crippen molar-refractivity contribution in [2.75, 3.05) is 13.7 Å². The van der Waals surface area contributed by atoms with Gasteiger partial charge in [-0.15, -0.1) is 0 Å². The number of alkyl halides is 1. The summed E-state index contributed by atoms with van der Waals surface area (Å²) in [6, 6.07) is 6.45. The Morgan fingerprint density at radius 2 is 2.03 bits per heavy atom. The van der Waals surface area contributed by atoms with Crippen molar-refractivity contribution in [3.05, 3.63) is 58.9 Å². The standard InChI is InChI=1S/C26H26F3N3O3/c1-13-7-16(5-6-17(13)27)32-18-8-14-11-30-31-22(14)21(28)20(18)19(23(32)25(2,3)12-35-4)15-9-26(29,10-15)24(33)34/h5-8,11,15H,9-10,12H2,1-4H3,(H,30,31)(H,33,34)/t15-,26+. The monoisotopic (exact) mass is 485 g/mol. The number of aryl methyl sites for hydroxylation is 1. The van der Waals surface area contributed by atoms with Gasteiger partial charge in [0.1, 0.15) is 11.3 Å². The molecule has 0 aliphatic heterocycles. The Labute approximate surface area is 199 Å². The first-order valence-corrected chi connectivity index (χ1v) is 11.4. The van der Waals surface area contributed by atoms with E-state index in [9.17, 15) is 18.7 Å². The SMILES string of the molecule is COCC(C)(C)c1c([C@H]2C[C@](F)(C(=O)O)C2)c2c(F)c3[nH]ncc3cc2n1-c1ccc(F)c(C)c1. The molecule has 9 heteroatoms. The molecule has 35 heavy (non-hydrogen) atoms. The number of fused-ring (bicyclic) bond motifs is 2. The number of rotatable bonds is 6. The molecule has 0 amide bonds. The van der Waals surface area contributed by atoms with Crippen LogP contribution in [0.4, 0.5) is 13.2 Å². The van der Waals surface area contributed by atoms with Crippen LogP contribution in [0.25, 0.3) is 27.5 Å². The van der Waals surface area contributed by atoms with Crippen molar-refractivity contribution < 1.29 is 27.8 Å². The van der Waals surface area contributed by atoms with Crippen LogP contribution in [0.1, 0.15) is 49.4 Å². The first kappa shape index (κ1) is 23.4. The molecule has 2 N–H and O–H groups in total. The molecule has 0 bridgehead atoms. The maximum atomic E-state index is 16.1. The summed E-state index contributed by atoms with van der Waals surface area (Å²) >= 11 is 0. The first-order chi connectivity index (χ1) is 16.5. The van der Waals surface area contributed by atoms with Gasteiger partial charge in [0, 0.05) is 34.7 Å². The van der Waals surface area contributed by atoms with Gasteiger partial charge in [0.15, 0.2) is 5.82 Å². The van der Waals surface area contributed by atoms with Crippen molar-refractivity contribution >= 4 is 27.8 Å². The van der Waals surface area contributed by atoms with Crippen molar-refractivity contribution in [2.24, 2.45) is 0 Å². The zero-order valence-electron chi connectivity index (χ0n) is 19.9. The first-order valence-electron chi connectivity index (χ1n) is 11.4. The fourth-order valence-electron chi connectivity index (χ4n) is 5.46. The van der Waals surface area contributed by atoms with E-state index in [1.54, 1.807) is 32.2 Å². The highest BCUT2D eigenvalue weighted by molar-refractivity contribution is 6.00. The molecule has 0 spiro atoms. The van der Waals surface area contributed by atoms with Gasteiger partial charge in [0.2, 0.25) is 5.67 Å². The number of aliphatic carboxylic acids is 1. The molecule has 0 saturated heterocycles. The zero-order chi connectivity index (χ0) is 25.3. The Hall–Kier alpha value is -3.33. The topological polar surface area (TPSA) is 80.1 Å².